The molecule has 1 fully saturated rings. The van der Waals surface area contributed by atoms with E-state index in [1.807, 2.05) is 36.4 Å². The smallest absolute Gasteiger partial charge is 0.303 e. The van der Waals surface area contributed by atoms with E-state index in [0.29, 0.717) is 23.8 Å². The zero-order valence-electron chi connectivity index (χ0n) is 21.5. The van der Waals surface area contributed by atoms with Crippen molar-refractivity contribution in [3.8, 4) is 22.6 Å². The first-order valence-electron chi connectivity index (χ1n) is 12.6. The number of hydrogen-bond acceptors (Lipinski definition) is 3. The minimum absolute atomic E-state index is 0.0179. The molecule has 190 valence electrons. The number of halogens is 1. The Morgan fingerprint density at radius 2 is 1.81 bits per heavy atom. The quantitative estimate of drug-likeness (QED) is 0.333. The predicted octanol–water partition coefficient (Wildman–Crippen LogP) is 7.74. The van der Waals surface area contributed by atoms with E-state index in [-0.39, 0.29) is 23.6 Å². The largest absolute Gasteiger partial charge is 0.497 e. The molecular weight excluding hydrogens is 455 g/mol. The molecule has 1 aliphatic rings. The molecule has 0 radical (unpaired) electrons. The monoisotopic (exact) mass is 490 g/mol. The molecule has 1 saturated carbocycles. The maximum absolute atomic E-state index is 14.8. The molecule has 3 aromatic rings. The lowest BCUT2D eigenvalue weighted by Crippen LogP contribution is -2.22. The number of aliphatic carboxylic acids is 1. The highest BCUT2D eigenvalue weighted by Crippen LogP contribution is 2.42. The van der Waals surface area contributed by atoms with Gasteiger partial charge in [0.1, 0.15) is 23.9 Å². The number of methoxy groups -OCH3 is 1. The van der Waals surface area contributed by atoms with Crippen LogP contribution in [0.5, 0.6) is 11.5 Å². The Morgan fingerprint density at radius 1 is 1.03 bits per heavy atom. The summed E-state index contributed by atoms with van der Waals surface area (Å²) in [4.78, 5) is 11.5. The van der Waals surface area contributed by atoms with Crippen LogP contribution in [0.25, 0.3) is 11.1 Å². The van der Waals surface area contributed by atoms with Gasteiger partial charge in [0, 0.05) is 5.56 Å². The Kier molecular flexibility index (Phi) is 7.67. The van der Waals surface area contributed by atoms with Crippen molar-refractivity contribution in [3.05, 3.63) is 83.2 Å². The van der Waals surface area contributed by atoms with Crippen molar-refractivity contribution in [2.24, 2.45) is 5.92 Å². The van der Waals surface area contributed by atoms with Gasteiger partial charge in [-0.1, -0.05) is 57.5 Å². The first-order valence-corrected chi connectivity index (χ1v) is 12.6. The van der Waals surface area contributed by atoms with Crippen LogP contribution in [0.15, 0.2) is 60.7 Å². The lowest BCUT2D eigenvalue weighted by molar-refractivity contribution is -0.138. The molecule has 0 aliphatic heterocycles. The average Bonchev–Trinajstić information content (AvgIpc) is 2.81. The standard InChI is InChI=1S/C31H35FO4/c1-31(2,3)28-15-20(11-13-25(28)27-17-23(35-4)12-14-29(27)32)19-36-24-10-6-9-22(16-24)26(18-30(33)34)21-7-5-8-21/h6,9-17,21,26H,5,7-8,18-19H2,1-4H3,(H,33,34)/t26-/m0/s1. The van der Waals surface area contributed by atoms with Gasteiger partial charge < -0.3 is 14.6 Å². The fraction of sp³-hybridized carbons (Fsp3) is 0.387. The van der Waals surface area contributed by atoms with Crippen molar-refractivity contribution in [2.45, 2.75) is 64.4 Å². The summed E-state index contributed by atoms with van der Waals surface area (Å²) >= 11 is 0. The van der Waals surface area contributed by atoms with Crippen molar-refractivity contribution in [2.75, 3.05) is 7.11 Å². The van der Waals surface area contributed by atoms with Crippen LogP contribution in [0.4, 0.5) is 4.39 Å². The van der Waals surface area contributed by atoms with Gasteiger partial charge >= 0.3 is 5.97 Å². The summed E-state index contributed by atoms with van der Waals surface area (Å²) < 4.78 is 26.3. The summed E-state index contributed by atoms with van der Waals surface area (Å²) in [5.41, 5.74) is 4.17. The number of benzene rings is 3. The average molecular weight is 491 g/mol. The molecule has 3 aromatic carbocycles. The summed E-state index contributed by atoms with van der Waals surface area (Å²) in [5.74, 6) is 0.730. The zero-order chi connectivity index (χ0) is 25.9. The molecule has 0 unspecified atom stereocenters. The van der Waals surface area contributed by atoms with Gasteiger partial charge in [-0.3, -0.25) is 4.79 Å². The van der Waals surface area contributed by atoms with E-state index in [0.717, 1.165) is 40.8 Å². The maximum atomic E-state index is 14.8. The van der Waals surface area contributed by atoms with Crippen LogP contribution in [0.3, 0.4) is 0 Å². The molecule has 1 N–H and O–H groups in total. The van der Waals surface area contributed by atoms with Crippen molar-refractivity contribution in [1.82, 2.24) is 0 Å². The van der Waals surface area contributed by atoms with Crippen LogP contribution in [-0.2, 0) is 16.8 Å². The Morgan fingerprint density at radius 3 is 2.44 bits per heavy atom. The van der Waals surface area contributed by atoms with E-state index < -0.39 is 5.97 Å². The molecule has 36 heavy (non-hydrogen) atoms. The number of rotatable bonds is 9. The maximum Gasteiger partial charge on any atom is 0.303 e. The fourth-order valence-corrected chi connectivity index (χ4v) is 4.96. The molecule has 4 rings (SSSR count). The Balaban J connectivity index is 1.57. The highest BCUT2D eigenvalue weighted by molar-refractivity contribution is 5.71. The van der Waals surface area contributed by atoms with Gasteiger partial charge in [0.2, 0.25) is 0 Å². The molecule has 1 atom stereocenters. The molecule has 0 bridgehead atoms. The first kappa shape index (κ1) is 25.7. The van der Waals surface area contributed by atoms with Crippen LogP contribution < -0.4 is 9.47 Å². The minimum Gasteiger partial charge on any atom is -0.497 e. The highest BCUT2D eigenvalue weighted by atomic mass is 19.1. The number of carbonyl (C=O) groups is 1. The molecule has 1 aliphatic carbocycles. The van der Waals surface area contributed by atoms with Gasteiger partial charge in [0.05, 0.1) is 13.5 Å². The topological polar surface area (TPSA) is 55.8 Å². The third kappa shape index (κ3) is 5.89. The molecular formula is C31H35FO4. The highest BCUT2D eigenvalue weighted by Gasteiger charge is 2.30. The molecule has 0 aromatic heterocycles. The van der Waals surface area contributed by atoms with Gasteiger partial charge in [-0.25, -0.2) is 4.39 Å². The van der Waals surface area contributed by atoms with Crippen LogP contribution in [0.1, 0.15) is 69.1 Å². The fourth-order valence-electron chi connectivity index (χ4n) is 4.96. The third-order valence-corrected chi connectivity index (χ3v) is 7.16. The molecule has 0 amide bonds. The van der Waals surface area contributed by atoms with E-state index in [1.54, 1.807) is 19.2 Å². The van der Waals surface area contributed by atoms with E-state index in [2.05, 4.69) is 26.8 Å². The molecule has 0 saturated heterocycles. The second-order valence-electron chi connectivity index (χ2n) is 10.7. The Labute approximate surface area is 213 Å². The van der Waals surface area contributed by atoms with Crippen molar-refractivity contribution < 1.29 is 23.8 Å². The predicted molar refractivity (Wildman–Crippen MR) is 140 cm³/mol. The molecule has 0 heterocycles. The molecule has 4 nitrogen and oxygen atoms in total. The third-order valence-electron chi connectivity index (χ3n) is 7.16. The second-order valence-corrected chi connectivity index (χ2v) is 10.7. The number of hydrogen-bond donors (Lipinski definition) is 1. The number of ether oxygens (including phenoxy) is 2. The van der Waals surface area contributed by atoms with Crippen LogP contribution in [0.2, 0.25) is 0 Å². The van der Waals surface area contributed by atoms with Gasteiger partial charge in [-0.05, 0) is 82.7 Å². The van der Waals surface area contributed by atoms with E-state index in [9.17, 15) is 14.3 Å². The van der Waals surface area contributed by atoms with E-state index >= 15 is 0 Å². The normalized spacial score (nSPS) is 14.7. The SMILES string of the molecule is COc1ccc(F)c(-c2ccc(COc3cccc([C@@H](CC(=O)O)C4CCC4)c3)cc2C(C)(C)C)c1. The summed E-state index contributed by atoms with van der Waals surface area (Å²) in [6.45, 7) is 6.70. The van der Waals surface area contributed by atoms with E-state index in [4.69, 9.17) is 9.47 Å². The summed E-state index contributed by atoms with van der Waals surface area (Å²) in [7, 11) is 1.58. The Hall–Kier alpha value is -3.34. The van der Waals surface area contributed by atoms with Gasteiger partial charge in [0.15, 0.2) is 0 Å². The summed E-state index contributed by atoms with van der Waals surface area (Å²) in [6.07, 6.45) is 3.48. The van der Waals surface area contributed by atoms with E-state index in [1.165, 1.54) is 12.5 Å². The van der Waals surface area contributed by atoms with Crippen molar-refractivity contribution in [1.29, 1.82) is 0 Å². The summed E-state index contributed by atoms with van der Waals surface area (Å²) in [6, 6.07) is 18.6. The van der Waals surface area contributed by atoms with Gasteiger partial charge in [-0.15, -0.1) is 0 Å². The zero-order valence-corrected chi connectivity index (χ0v) is 21.5. The van der Waals surface area contributed by atoms with Crippen LogP contribution in [0, 0.1) is 11.7 Å². The second kappa shape index (κ2) is 10.7. The number of carboxylic acids is 1. The Bertz CT molecular complexity index is 1220. The summed E-state index contributed by atoms with van der Waals surface area (Å²) in [5, 5.41) is 9.42. The van der Waals surface area contributed by atoms with Gasteiger partial charge in [0.25, 0.3) is 0 Å². The number of carboxylic acid groups (broad SMARTS) is 1. The van der Waals surface area contributed by atoms with Gasteiger partial charge in [-0.2, -0.15) is 0 Å². The lowest BCUT2D eigenvalue weighted by atomic mass is 9.72. The lowest BCUT2D eigenvalue weighted by Gasteiger charge is -2.33. The first-order chi connectivity index (χ1) is 17.2. The molecule has 0 spiro atoms. The van der Waals surface area contributed by atoms with Crippen LogP contribution in [-0.4, -0.2) is 18.2 Å². The van der Waals surface area contributed by atoms with Crippen molar-refractivity contribution in [3.63, 3.8) is 0 Å². The molecule has 5 heteroatoms. The minimum atomic E-state index is -0.763. The van der Waals surface area contributed by atoms with Crippen LogP contribution >= 0.6 is 0 Å². The van der Waals surface area contributed by atoms with Crippen molar-refractivity contribution >= 4 is 5.97 Å².